The molecule has 0 unspecified atom stereocenters. The second-order valence-corrected chi connectivity index (χ2v) is 6.96. The first kappa shape index (κ1) is 23.2. The molecule has 1 heterocycles. The monoisotopic (exact) mass is 472 g/mol. The molecule has 13 heteroatoms. The van der Waals surface area contributed by atoms with E-state index in [0.717, 1.165) is 19.2 Å². The van der Waals surface area contributed by atoms with Gasteiger partial charge in [0.15, 0.2) is 0 Å². The van der Waals surface area contributed by atoms with Crippen LogP contribution in [0.3, 0.4) is 0 Å². The number of methoxy groups -OCH3 is 1. The molecule has 3 aromatic rings. The number of H-pyrrole nitrogens is 1. The third-order valence-corrected chi connectivity index (χ3v) is 4.64. The van der Waals surface area contributed by atoms with Crippen LogP contribution >= 0.6 is 11.6 Å². The zero-order valence-electron chi connectivity index (χ0n) is 16.7. The Morgan fingerprint density at radius 3 is 2.55 bits per heavy atom. The number of ether oxygens (including phenoxy) is 1. The molecule has 3 rings (SSSR count). The lowest BCUT2D eigenvalue weighted by Crippen LogP contribution is -2.39. The molecule has 2 N–H and O–H groups in total. The highest BCUT2D eigenvalue weighted by atomic mass is 35.5. The number of carbonyl (C=O) groups excluding carboxylic acids is 4. The van der Waals surface area contributed by atoms with Crippen LogP contribution in [0.25, 0.3) is 11.0 Å². The van der Waals surface area contributed by atoms with E-state index in [1.165, 1.54) is 30.3 Å². The van der Waals surface area contributed by atoms with E-state index in [9.17, 15) is 34.1 Å². The van der Waals surface area contributed by atoms with Crippen molar-refractivity contribution < 1.29 is 28.8 Å². The second kappa shape index (κ2) is 9.36. The fourth-order valence-electron chi connectivity index (χ4n) is 2.88. The van der Waals surface area contributed by atoms with Gasteiger partial charge in [-0.3, -0.25) is 29.3 Å². The number of nitrogens with zero attached hydrogens (tertiary/aromatic N) is 2. The third kappa shape index (κ3) is 4.91. The number of benzene rings is 2. The molecule has 12 nitrogen and oxygen atoms in total. The molecule has 1 atom stereocenters. The summed E-state index contributed by atoms with van der Waals surface area (Å²) in [6, 6.07) is 8.87. The number of amides is 1. The minimum Gasteiger partial charge on any atom is -0.463 e. The van der Waals surface area contributed by atoms with Crippen molar-refractivity contribution in [3.8, 4) is 0 Å². The first-order chi connectivity index (χ1) is 15.6. The number of halogens is 1. The van der Waals surface area contributed by atoms with Gasteiger partial charge >= 0.3 is 5.97 Å². The minimum absolute atomic E-state index is 0.123. The molecular formula is C20H13ClN4O8. The Bertz CT molecular complexity index is 1380. The van der Waals surface area contributed by atoms with Crippen molar-refractivity contribution in [2.24, 2.45) is 0 Å². The van der Waals surface area contributed by atoms with Crippen LogP contribution in [-0.4, -0.2) is 45.4 Å². The van der Waals surface area contributed by atoms with Crippen LogP contribution < -0.4 is 10.9 Å². The number of rotatable bonds is 7. The third-order valence-electron chi connectivity index (χ3n) is 4.40. The summed E-state index contributed by atoms with van der Waals surface area (Å²) in [5.41, 5.74) is -1.89. The van der Waals surface area contributed by atoms with Crippen LogP contribution in [0.1, 0.15) is 11.6 Å². The molecule has 0 spiro atoms. The molecular weight excluding hydrogens is 460 g/mol. The predicted octanol–water partition coefficient (Wildman–Crippen LogP) is 1.52. The maximum atomic E-state index is 12.9. The number of Topliss-reactive ketones (excluding diaryl/α,β-unsaturated/α-hetero) is 2. The fourth-order valence-corrected chi connectivity index (χ4v) is 3.05. The van der Waals surface area contributed by atoms with E-state index in [4.69, 9.17) is 11.6 Å². The molecule has 2 aromatic carbocycles. The first-order valence-electron chi connectivity index (χ1n) is 9.03. The van der Waals surface area contributed by atoms with Crippen molar-refractivity contribution in [2.45, 2.75) is 5.92 Å². The van der Waals surface area contributed by atoms with Crippen LogP contribution in [0.4, 0.5) is 11.4 Å². The molecule has 0 aliphatic rings. The summed E-state index contributed by atoms with van der Waals surface area (Å²) >= 11 is 5.87. The highest BCUT2D eigenvalue weighted by Gasteiger charge is 2.40. The molecule has 0 saturated heterocycles. The number of hydrogen-bond acceptors (Lipinski definition) is 9. The molecule has 1 aromatic heterocycles. The Morgan fingerprint density at radius 2 is 1.88 bits per heavy atom. The van der Waals surface area contributed by atoms with Crippen LogP contribution in [0, 0.1) is 10.1 Å². The maximum Gasteiger partial charge on any atom is 0.375 e. The average Bonchev–Trinajstić information content (AvgIpc) is 2.78. The van der Waals surface area contributed by atoms with Crippen molar-refractivity contribution in [1.29, 1.82) is 0 Å². The van der Waals surface area contributed by atoms with Crippen LogP contribution in [-0.2, 0) is 23.9 Å². The molecule has 1 amide bonds. The van der Waals surface area contributed by atoms with E-state index < -0.39 is 45.5 Å². The molecule has 0 aliphatic carbocycles. The normalized spacial score (nSPS) is 11.5. The lowest BCUT2D eigenvalue weighted by Gasteiger charge is -2.13. The second-order valence-electron chi connectivity index (χ2n) is 6.53. The largest absolute Gasteiger partial charge is 0.463 e. The number of nitro benzene ring substituents is 1. The number of anilines is 1. The molecule has 0 bridgehead atoms. The zero-order valence-corrected chi connectivity index (χ0v) is 17.4. The quantitative estimate of drug-likeness (QED) is 0.169. The van der Waals surface area contributed by atoms with Gasteiger partial charge in [-0.05, 0) is 24.3 Å². The van der Waals surface area contributed by atoms with E-state index in [0.29, 0.717) is 0 Å². The number of esters is 1. The summed E-state index contributed by atoms with van der Waals surface area (Å²) < 4.78 is 4.34. The summed E-state index contributed by atoms with van der Waals surface area (Å²) in [7, 11) is 0.880. The Labute approximate surface area is 188 Å². The number of nitro groups is 1. The van der Waals surface area contributed by atoms with Gasteiger partial charge in [0.25, 0.3) is 22.9 Å². The molecule has 0 saturated carbocycles. The van der Waals surface area contributed by atoms with Crippen molar-refractivity contribution in [2.75, 3.05) is 12.4 Å². The summed E-state index contributed by atoms with van der Waals surface area (Å²) in [5, 5.41) is 13.3. The Hall–Kier alpha value is -4.45. The van der Waals surface area contributed by atoms with Gasteiger partial charge < -0.3 is 15.0 Å². The number of hydrogen-bond donors (Lipinski definition) is 2. The van der Waals surface area contributed by atoms with E-state index in [1.807, 2.05) is 0 Å². The number of aromatic nitrogens is 2. The van der Waals surface area contributed by atoms with Crippen molar-refractivity contribution in [3.05, 3.63) is 73.6 Å². The summed E-state index contributed by atoms with van der Waals surface area (Å²) in [6.07, 6.45) is 0. The molecule has 168 valence electrons. The molecule has 0 fully saturated rings. The van der Waals surface area contributed by atoms with Crippen LogP contribution in [0.2, 0.25) is 5.02 Å². The topological polar surface area (TPSA) is 178 Å². The summed E-state index contributed by atoms with van der Waals surface area (Å²) in [6.45, 7) is 0. The lowest BCUT2D eigenvalue weighted by molar-refractivity contribution is -0.384. The van der Waals surface area contributed by atoms with Crippen LogP contribution in [0.15, 0.2) is 47.3 Å². The lowest BCUT2D eigenvalue weighted by atomic mass is 9.94. The standard InChI is InChI=1S/C20H13ClN4O8/c1-33-20(30)17(27)14(15-18(28)24-13-7-9(21)5-6-12(13)23-15)16(26)19(29)22-10-3-2-4-11(8-10)25(31)32/h2-8,14H,1H3,(H,22,29)(H,24,28)/t14-/m1/s1. The molecule has 0 radical (unpaired) electrons. The van der Waals surface area contributed by atoms with Gasteiger partial charge in [0.1, 0.15) is 11.6 Å². The highest BCUT2D eigenvalue weighted by molar-refractivity contribution is 6.52. The number of aromatic amines is 1. The Kier molecular flexibility index (Phi) is 6.59. The van der Waals surface area contributed by atoms with E-state index in [1.54, 1.807) is 0 Å². The fraction of sp³-hybridized carbons (Fsp3) is 0.100. The van der Waals surface area contributed by atoms with Gasteiger partial charge in [0.2, 0.25) is 5.78 Å². The number of carbonyl (C=O) groups is 4. The first-order valence-corrected chi connectivity index (χ1v) is 9.41. The van der Waals surface area contributed by atoms with Gasteiger partial charge in [-0.2, -0.15) is 0 Å². The van der Waals surface area contributed by atoms with Gasteiger partial charge in [-0.15, -0.1) is 0 Å². The highest BCUT2D eigenvalue weighted by Crippen LogP contribution is 2.21. The average molecular weight is 473 g/mol. The van der Waals surface area contributed by atoms with Gasteiger partial charge in [-0.1, -0.05) is 17.7 Å². The predicted molar refractivity (Wildman–Crippen MR) is 114 cm³/mol. The number of fused-ring (bicyclic) bond motifs is 1. The zero-order chi connectivity index (χ0) is 24.3. The number of nitrogens with one attached hydrogen (secondary N) is 2. The van der Waals surface area contributed by atoms with Crippen molar-refractivity contribution in [3.63, 3.8) is 0 Å². The minimum atomic E-state index is -2.22. The van der Waals surface area contributed by atoms with E-state index >= 15 is 0 Å². The number of non-ortho nitro benzene ring substituents is 1. The van der Waals surface area contributed by atoms with E-state index in [2.05, 4.69) is 20.0 Å². The Morgan fingerprint density at radius 1 is 1.15 bits per heavy atom. The smallest absolute Gasteiger partial charge is 0.375 e. The van der Waals surface area contributed by atoms with Crippen LogP contribution in [0.5, 0.6) is 0 Å². The van der Waals surface area contributed by atoms with E-state index in [-0.39, 0.29) is 27.4 Å². The van der Waals surface area contributed by atoms with Crippen molar-refractivity contribution >= 4 is 57.5 Å². The Balaban J connectivity index is 2.04. The van der Waals surface area contributed by atoms with Crippen molar-refractivity contribution in [1.82, 2.24) is 9.97 Å². The van der Waals surface area contributed by atoms with Gasteiger partial charge in [0, 0.05) is 22.8 Å². The molecule has 33 heavy (non-hydrogen) atoms. The SMILES string of the molecule is COC(=O)C(=O)[C@@H](C(=O)C(=O)Nc1cccc([N+](=O)[O-])c1)c1nc2ccc(Cl)cc2[nH]c1=O. The maximum absolute atomic E-state index is 12.9. The number of ketones is 2. The summed E-state index contributed by atoms with van der Waals surface area (Å²) in [4.78, 5) is 79.0. The van der Waals surface area contributed by atoms with Gasteiger partial charge in [0.05, 0.1) is 23.1 Å². The summed E-state index contributed by atoms with van der Waals surface area (Å²) in [5.74, 6) is -8.10. The molecule has 0 aliphatic heterocycles. The van der Waals surface area contributed by atoms with Gasteiger partial charge in [-0.25, -0.2) is 9.78 Å².